The van der Waals surface area contributed by atoms with Crippen molar-refractivity contribution in [2.24, 2.45) is 0 Å². The van der Waals surface area contributed by atoms with Gasteiger partial charge in [-0.05, 0) is 89.3 Å². The zero-order valence-corrected chi connectivity index (χ0v) is 31.9. The predicted octanol–water partition coefficient (Wildman–Crippen LogP) is 14.1. The molecule has 0 bridgehead atoms. The summed E-state index contributed by atoms with van der Waals surface area (Å²) < 4.78 is 4.55. The van der Waals surface area contributed by atoms with E-state index in [4.69, 9.17) is 9.97 Å². The lowest BCUT2D eigenvalue weighted by Gasteiger charge is -2.27. The highest BCUT2D eigenvalue weighted by atomic mass is 15.1. The quantitative estimate of drug-likeness (QED) is 0.170. The average Bonchev–Trinajstić information content (AvgIpc) is 3.86. The number of aromatic nitrogens is 4. The minimum Gasteiger partial charge on any atom is -0.310 e. The molecule has 5 heteroatoms. The minimum atomic E-state index is 0.879. The van der Waals surface area contributed by atoms with Gasteiger partial charge in [0.05, 0.1) is 33.4 Å². The van der Waals surface area contributed by atoms with E-state index < -0.39 is 0 Å². The maximum atomic E-state index is 5.31. The van der Waals surface area contributed by atoms with Gasteiger partial charge in [-0.25, -0.2) is 9.97 Å². The molecule has 0 fully saturated rings. The third kappa shape index (κ3) is 5.33. The second-order valence-corrected chi connectivity index (χ2v) is 15.1. The lowest BCUT2D eigenvalue weighted by atomic mass is 10.0. The molecule has 0 spiro atoms. The molecule has 12 aromatic rings. The van der Waals surface area contributed by atoms with E-state index in [9.17, 15) is 0 Å². The summed E-state index contributed by atoms with van der Waals surface area (Å²) in [5, 5.41) is 5.96. The molecule has 12 rings (SSSR count). The van der Waals surface area contributed by atoms with Crippen molar-refractivity contribution in [3.63, 3.8) is 0 Å². The first-order valence-electron chi connectivity index (χ1n) is 20.0. The highest BCUT2D eigenvalue weighted by molar-refractivity contribution is 6.10. The van der Waals surface area contributed by atoms with Crippen LogP contribution in [0.25, 0.3) is 88.2 Å². The van der Waals surface area contributed by atoms with Gasteiger partial charge in [-0.3, -0.25) is 4.40 Å². The molecule has 5 nitrogen and oxygen atoms in total. The highest BCUT2D eigenvalue weighted by Crippen LogP contribution is 2.40. The number of imidazole rings is 1. The number of hydrogen-bond acceptors (Lipinski definition) is 3. The van der Waals surface area contributed by atoms with E-state index in [1.165, 1.54) is 32.6 Å². The van der Waals surface area contributed by atoms with Gasteiger partial charge in [0.1, 0.15) is 11.2 Å². The Morgan fingerprint density at radius 3 is 1.80 bits per heavy atom. The molecular formula is C54H35N5. The Morgan fingerprint density at radius 1 is 0.424 bits per heavy atom. The molecule has 0 unspecified atom stereocenters. The first-order valence-corrected chi connectivity index (χ1v) is 20.0. The summed E-state index contributed by atoms with van der Waals surface area (Å²) in [4.78, 5) is 12.9. The average molecular weight is 754 g/mol. The van der Waals surface area contributed by atoms with Crippen molar-refractivity contribution in [2.45, 2.75) is 0 Å². The zero-order chi connectivity index (χ0) is 38.9. The molecule has 0 aliphatic heterocycles. The van der Waals surface area contributed by atoms with Crippen LogP contribution in [0.2, 0.25) is 0 Å². The number of benzene rings is 8. The van der Waals surface area contributed by atoms with Crippen LogP contribution >= 0.6 is 0 Å². The zero-order valence-electron chi connectivity index (χ0n) is 31.9. The number of pyridine rings is 2. The Kier molecular flexibility index (Phi) is 7.47. The Morgan fingerprint density at radius 2 is 1.03 bits per heavy atom. The topological polar surface area (TPSA) is 38.4 Å². The van der Waals surface area contributed by atoms with Crippen molar-refractivity contribution >= 4 is 77.2 Å². The van der Waals surface area contributed by atoms with Crippen LogP contribution in [0, 0.1) is 0 Å². The van der Waals surface area contributed by atoms with E-state index in [2.05, 4.69) is 220 Å². The first kappa shape index (κ1) is 33.2. The van der Waals surface area contributed by atoms with Crippen LogP contribution in [0.3, 0.4) is 0 Å². The van der Waals surface area contributed by atoms with E-state index in [0.29, 0.717) is 0 Å². The molecule has 0 atom stereocenters. The van der Waals surface area contributed by atoms with Crippen molar-refractivity contribution in [1.29, 1.82) is 0 Å². The molecule has 0 amide bonds. The van der Waals surface area contributed by atoms with Gasteiger partial charge in [-0.2, -0.15) is 0 Å². The summed E-state index contributed by atoms with van der Waals surface area (Å²) in [5.74, 6) is 0. The first-order chi connectivity index (χ1) is 29.3. The van der Waals surface area contributed by atoms with Crippen LogP contribution in [0.5, 0.6) is 0 Å². The number of nitrogens with zero attached hydrogens (tertiary/aromatic N) is 5. The van der Waals surface area contributed by atoms with Crippen LogP contribution in [0.1, 0.15) is 0 Å². The molecule has 276 valence electrons. The van der Waals surface area contributed by atoms with Crippen LogP contribution in [0.15, 0.2) is 212 Å². The fraction of sp³-hybridized carbons (Fsp3) is 0. The molecule has 59 heavy (non-hydrogen) atoms. The second kappa shape index (κ2) is 13.3. The van der Waals surface area contributed by atoms with Crippen LogP contribution in [-0.2, 0) is 0 Å². The minimum absolute atomic E-state index is 0.879. The van der Waals surface area contributed by atoms with E-state index in [1.54, 1.807) is 0 Å². The molecule has 0 aliphatic rings. The third-order valence-electron chi connectivity index (χ3n) is 11.7. The van der Waals surface area contributed by atoms with Gasteiger partial charge in [-0.1, -0.05) is 133 Å². The summed E-state index contributed by atoms with van der Waals surface area (Å²) in [6.07, 6.45) is 2.15. The van der Waals surface area contributed by atoms with Gasteiger partial charge < -0.3 is 9.47 Å². The van der Waals surface area contributed by atoms with Crippen molar-refractivity contribution in [1.82, 2.24) is 18.9 Å². The van der Waals surface area contributed by atoms with Crippen molar-refractivity contribution in [3.8, 4) is 28.1 Å². The van der Waals surface area contributed by atoms with Gasteiger partial charge in [0.25, 0.3) is 0 Å². The summed E-state index contributed by atoms with van der Waals surface area (Å²) in [6.45, 7) is 0. The lowest BCUT2D eigenvalue weighted by Crippen LogP contribution is -2.10. The second-order valence-electron chi connectivity index (χ2n) is 15.1. The largest absolute Gasteiger partial charge is 0.310 e. The van der Waals surface area contributed by atoms with E-state index in [1.807, 2.05) is 6.07 Å². The monoisotopic (exact) mass is 753 g/mol. The molecule has 0 saturated carbocycles. The lowest BCUT2D eigenvalue weighted by molar-refractivity contribution is 1.18. The number of para-hydroxylation sites is 4. The summed E-state index contributed by atoms with van der Waals surface area (Å²) in [6, 6.07) is 73.3. The van der Waals surface area contributed by atoms with Gasteiger partial charge in [-0.15, -0.1) is 0 Å². The third-order valence-corrected chi connectivity index (χ3v) is 11.7. The Hall–Kier alpha value is -8.02. The Balaban J connectivity index is 0.955. The fourth-order valence-electron chi connectivity index (χ4n) is 8.96. The summed E-state index contributed by atoms with van der Waals surface area (Å²) >= 11 is 0. The van der Waals surface area contributed by atoms with E-state index >= 15 is 0 Å². The van der Waals surface area contributed by atoms with Gasteiger partial charge in [0.15, 0.2) is 0 Å². The predicted molar refractivity (Wildman–Crippen MR) is 245 cm³/mol. The normalized spacial score (nSPS) is 11.7. The van der Waals surface area contributed by atoms with Crippen molar-refractivity contribution < 1.29 is 0 Å². The van der Waals surface area contributed by atoms with Gasteiger partial charge >= 0.3 is 0 Å². The van der Waals surface area contributed by atoms with Gasteiger partial charge in [0.2, 0.25) is 0 Å². The molecule has 8 aromatic carbocycles. The SMILES string of the molecule is c1ccc(N(c2ccc(-c3ccn4c(c3)nc3c5ccccc5nc(-c5ccc(-n6c7ccccc7c7ccccc76)cc5)c34)cc2)c2cccc3ccccc23)cc1. The Labute approximate surface area is 340 Å². The molecular weight excluding hydrogens is 719 g/mol. The number of anilines is 3. The van der Waals surface area contributed by atoms with Crippen molar-refractivity contribution in [2.75, 3.05) is 4.90 Å². The number of rotatable bonds is 6. The van der Waals surface area contributed by atoms with Crippen LogP contribution in [-0.4, -0.2) is 18.9 Å². The smallest absolute Gasteiger partial charge is 0.138 e. The van der Waals surface area contributed by atoms with Crippen LogP contribution in [0.4, 0.5) is 17.1 Å². The van der Waals surface area contributed by atoms with E-state index in [-0.39, 0.29) is 0 Å². The maximum absolute atomic E-state index is 5.31. The van der Waals surface area contributed by atoms with Crippen LogP contribution < -0.4 is 4.90 Å². The van der Waals surface area contributed by atoms with Crippen molar-refractivity contribution in [3.05, 3.63) is 212 Å². The molecule has 0 saturated heterocycles. The van der Waals surface area contributed by atoms with Gasteiger partial charge in [0, 0.05) is 50.4 Å². The summed E-state index contributed by atoms with van der Waals surface area (Å²) in [7, 11) is 0. The number of hydrogen-bond donors (Lipinski definition) is 0. The molecule has 0 radical (unpaired) electrons. The van der Waals surface area contributed by atoms with E-state index in [0.717, 1.165) is 72.7 Å². The Bertz CT molecular complexity index is 3490. The highest BCUT2D eigenvalue weighted by Gasteiger charge is 2.19. The summed E-state index contributed by atoms with van der Waals surface area (Å²) in [5.41, 5.74) is 14.8. The molecule has 4 heterocycles. The fourth-order valence-corrected chi connectivity index (χ4v) is 8.96. The molecule has 0 N–H and O–H groups in total. The maximum Gasteiger partial charge on any atom is 0.138 e. The number of fused-ring (bicyclic) bond motifs is 9. The standard InChI is InChI=1S/C54H35N5/c1-2-15-40(16-3-1)58(48-24-12-14-37-13-4-5-17-43(37)48)41-29-25-36(26-30-41)39-33-34-57-51(35-39)56-53-46-20-6-9-21-47(46)55-52(54(53)57)38-27-31-42(32-28-38)59-49-22-10-7-18-44(49)45-19-8-11-23-50(45)59/h1-35H. The molecule has 4 aromatic heterocycles. The molecule has 0 aliphatic carbocycles.